The molecule has 0 bridgehead atoms. The molecule has 0 saturated carbocycles. The highest BCUT2D eigenvalue weighted by Crippen LogP contribution is 2.27. The number of hydrogen-bond acceptors (Lipinski definition) is 3. The van der Waals surface area contributed by atoms with Crippen LogP contribution in [0.5, 0.6) is 0 Å². The van der Waals surface area contributed by atoms with Gasteiger partial charge in [0.15, 0.2) is 0 Å². The van der Waals surface area contributed by atoms with E-state index in [1.165, 1.54) is 5.56 Å². The number of carbonyl (C=O) groups is 2. The highest BCUT2D eigenvalue weighted by Gasteiger charge is 2.28. The summed E-state index contributed by atoms with van der Waals surface area (Å²) in [6, 6.07) is 6.98. The minimum Gasteiger partial charge on any atom is -0.385 e. The van der Waals surface area contributed by atoms with Crippen molar-refractivity contribution >= 4 is 17.6 Å². The average Bonchev–Trinajstić information content (AvgIpc) is 2.94. The van der Waals surface area contributed by atoms with Crippen molar-refractivity contribution in [2.45, 2.75) is 25.8 Å². The Morgan fingerprint density at radius 3 is 2.91 bits per heavy atom. The molecule has 0 spiro atoms. The van der Waals surface area contributed by atoms with Crippen LogP contribution in [-0.2, 0) is 16.0 Å². The molecule has 120 valence electrons. The predicted octanol–water partition coefficient (Wildman–Crippen LogP) is 1.30. The van der Waals surface area contributed by atoms with Gasteiger partial charge in [-0.2, -0.15) is 0 Å². The average molecular weight is 305 g/mol. The monoisotopic (exact) mass is 305 g/mol. The van der Waals surface area contributed by atoms with E-state index in [4.69, 9.17) is 4.74 Å². The number of urea groups is 1. The molecule has 1 atom stereocenters. The van der Waals surface area contributed by atoms with Crippen LogP contribution >= 0.6 is 0 Å². The summed E-state index contributed by atoms with van der Waals surface area (Å²) in [5, 5.41) is 5.39. The summed E-state index contributed by atoms with van der Waals surface area (Å²) in [6.07, 6.45) is 1.60. The van der Waals surface area contributed by atoms with Crippen molar-refractivity contribution in [2.75, 3.05) is 31.7 Å². The van der Waals surface area contributed by atoms with Gasteiger partial charge in [-0.15, -0.1) is 0 Å². The van der Waals surface area contributed by atoms with Gasteiger partial charge in [0, 0.05) is 32.5 Å². The third kappa shape index (κ3) is 3.98. The van der Waals surface area contributed by atoms with Gasteiger partial charge in [-0.3, -0.25) is 4.79 Å². The summed E-state index contributed by atoms with van der Waals surface area (Å²) < 4.78 is 4.91. The number of hydrogen-bond donors (Lipinski definition) is 2. The summed E-state index contributed by atoms with van der Waals surface area (Å²) in [5.41, 5.74) is 2.12. The van der Waals surface area contributed by atoms with E-state index in [1.807, 2.05) is 24.3 Å². The quantitative estimate of drug-likeness (QED) is 0.778. The third-order valence-electron chi connectivity index (χ3n) is 3.68. The Kier molecular flexibility index (Phi) is 5.77. The first-order valence-electron chi connectivity index (χ1n) is 7.56. The Morgan fingerprint density at radius 2 is 2.14 bits per heavy atom. The number of amides is 3. The molecule has 0 unspecified atom stereocenters. The van der Waals surface area contributed by atoms with Crippen molar-refractivity contribution in [3.05, 3.63) is 29.8 Å². The van der Waals surface area contributed by atoms with Crippen LogP contribution in [0, 0.1) is 0 Å². The van der Waals surface area contributed by atoms with E-state index in [-0.39, 0.29) is 11.9 Å². The number of rotatable bonds is 6. The zero-order valence-corrected chi connectivity index (χ0v) is 13.1. The Labute approximate surface area is 130 Å². The summed E-state index contributed by atoms with van der Waals surface area (Å²) in [4.78, 5) is 26.0. The SMILES string of the molecule is COCCCNC(=O)N[C@@H](C)C(=O)N1CCc2ccccc21. The standard InChI is InChI=1S/C16H23N3O3/c1-12(18-16(21)17-9-5-11-22-2)15(20)19-10-8-13-6-3-4-7-14(13)19/h3-4,6-7,12H,5,8-11H2,1-2H3,(H2,17,18,21)/t12-/m0/s1. The van der Waals surface area contributed by atoms with Crippen molar-refractivity contribution in [3.63, 3.8) is 0 Å². The van der Waals surface area contributed by atoms with Crippen LogP contribution in [0.1, 0.15) is 18.9 Å². The van der Waals surface area contributed by atoms with Gasteiger partial charge in [0.2, 0.25) is 5.91 Å². The van der Waals surface area contributed by atoms with Gasteiger partial charge < -0.3 is 20.3 Å². The van der Waals surface area contributed by atoms with E-state index < -0.39 is 6.04 Å². The largest absolute Gasteiger partial charge is 0.385 e. The highest BCUT2D eigenvalue weighted by molar-refractivity contribution is 6.00. The predicted molar refractivity (Wildman–Crippen MR) is 85.0 cm³/mol. The fraction of sp³-hybridized carbons (Fsp3) is 0.500. The van der Waals surface area contributed by atoms with Crippen LogP contribution in [0.25, 0.3) is 0 Å². The first-order valence-corrected chi connectivity index (χ1v) is 7.56. The van der Waals surface area contributed by atoms with Crippen LogP contribution in [0.15, 0.2) is 24.3 Å². The minimum atomic E-state index is -0.561. The van der Waals surface area contributed by atoms with Crippen molar-refractivity contribution in [1.29, 1.82) is 0 Å². The maximum atomic E-state index is 12.5. The molecular weight excluding hydrogens is 282 g/mol. The Bertz CT molecular complexity index is 533. The van der Waals surface area contributed by atoms with E-state index in [0.29, 0.717) is 19.7 Å². The lowest BCUT2D eigenvalue weighted by atomic mass is 10.2. The summed E-state index contributed by atoms with van der Waals surface area (Å²) in [7, 11) is 1.62. The highest BCUT2D eigenvalue weighted by atomic mass is 16.5. The van der Waals surface area contributed by atoms with Crippen LogP contribution < -0.4 is 15.5 Å². The fourth-order valence-corrected chi connectivity index (χ4v) is 2.53. The van der Waals surface area contributed by atoms with Crippen molar-refractivity contribution < 1.29 is 14.3 Å². The summed E-state index contributed by atoms with van der Waals surface area (Å²) in [6.45, 7) is 3.49. The molecule has 0 saturated heterocycles. The number of carbonyl (C=O) groups excluding carboxylic acids is 2. The lowest BCUT2D eigenvalue weighted by Gasteiger charge is -2.22. The number of para-hydroxylation sites is 1. The number of nitrogens with one attached hydrogen (secondary N) is 2. The van der Waals surface area contributed by atoms with Gasteiger partial charge in [0.25, 0.3) is 0 Å². The Balaban J connectivity index is 1.84. The first-order chi connectivity index (χ1) is 10.6. The smallest absolute Gasteiger partial charge is 0.315 e. The van der Waals surface area contributed by atoms with E-state index in [1.54, 1.807) is 18.9 Å². The second kappa shape index (κ2) is 7.79. The van der Waals surface area contributed by atoms with Gasteiger partial charge in [-0.05, 0) is 31.4 Å². The zero-order valence-electron chi connectivity index (χ0n) is 13.1. The first kappa shape index (κ1) is 16.3. The molecule has 0 aliphatic carbocycles. The lowest BCUT2D eigenvalue weighted by molar-refractivity contribution is -0.119. The topological polar surface area (TPSA) is 70.7 Å². The van der Waals surface area contributed by atoms with Gasteiger partial charge in [-0.1, -0.05) is 18.2 Å². The molecule has 6 nitrogen and oxygen atoms in total. The molecule has 1 aliphatic heterocycles. The summed E-state index contributed by atoms with van der Waals surface area (Å²) in [5.74, 6) is -0.0861. The van der Waals surface area contributed by atoms with Crippen molar-refractivity contribution in [1.82, 2.24) is 10.6 Å². The van der Waals surface area contributed by atoms with Crippen molar-refractivity contribution in [2.24, 2.45) is 0 Å². The van der Waals surface area contributed by atoms with Crippen LogP contribution in [0.3, 0.4) is 0 Å². The molecule has 0 fully saturated rings. The summed E-state index contributed by atoms with van der Waals surface area (Å²) >= 11 is 0. The maximum absolute atomic E-state index is 12.5. The van der Waals surface area contributed by atoms with Crippen LogP contribution in [0.2, 0.25) is 0 Å². The van der Waals surface area contributed by atoms with E-state index in [9.17, 15) is 9.59 Å². The number of methoxy groups -OCH3 is 1. The molecule has 3 amide bonds. The Hall–Kier alpha value is -2.08. The Morgan fingerprint density at radius 1 is 1.36 bits per heavy atom. The fourth-order valence-electron chi connectivity index (χ4n) is 2.53. The molecule has 6 heteroatoms. The lowest BCUT2D eigenvalue weighted by Crippen LogP contribution is -2.49. The molecule has 1 aromatic carbocycles. The van der Waals surface area contributed by atoms with E-state index in [2.05, 4.69) is 10.6 Å². The molecule has 0 aromatic heterocycles. The van der Waals surface area contributed by atoms with Crippen LogP contribution in [-0.4, -0.2) is 44.8 Å². The molecule has 0 radical (unpaired) electrons. The second-order valence-corrected chi connectivity index (χ2v) is 5.34. The third-order valence-corrected chi connectivity index (χ3v) is 3.68. The van der Waals surface area contributed by atoms with E-state index in [0.717, 1.165) is 18.5 Å². The maximum Gasteiger partial charge on any atom is 0.315 e. The number of anilines is 1. The van der Waals surface area contributed by atoms with Crippen molar-refractivity contribution in [3.8, 4) is 0 Å². The molecule has 22 heavy (non-hydrogen) atoms. The number of fused-ring (bicyclic) bond motifs is 1. The normalized spacial score (nSPS) is 14.4. The van der Waals surface area contributed by atoms with Gasteiger partial charge in [0.05, 0.1) is 0 Å². The minimum absolute atomic E-state index is 0.0861. The molecule has 2 rings (SSSR count). The van der Waals surface area contributed by atoms with Gasteiger partial charge in [0.1, 0.15) is 6.04 Å². The van der Waals surface area contributed by atoms with Crippen LogP contribution in [0.4, 0.5) is 10.5 Å². The number of nitrogens with zero attached hydrogens (tertiary/aromatic N) is 1. The van der Waals surface area contributed by atoms with Gasteiger partial charge >= 0.3 is 6.03 Å². The zero-order chi connectivity index (χ0) is 15.9. The van der Waals surface area contributed by atoms with Gasteiger partial charge in [-0.25, -0.2) is 4.79 Å². The second-order valence-electron chi connectivity index (χ2n) is 5.34. The molecular formula is C16H23N3O3. The molecule has 1 heterocycles. The van der Waals surface area contributed by atoms with E-state index >= 15 is 0 Å². The molecule has 1 aliphatic rings. The number of benzene rings is 1. The number of ether oxygens (including phenoxy) is 1. The molecule has 2 N–H and O–H groups in total. The molecule has 1 aromatic rings.